The van der Waals surface area contributed by atoms with Crippen LogP contribution < -0.4 is 11.3 Å². The van der Waals surface area contributed by atoms with Crippen molar-refractivity contribution in [1.82, 2.24) is 10.4 Å². The van der Waals surface area contributed by atoms with E-state index in [1.807, 2.05) is 12.1 Å². The summed E-state index contributed by atoms with van der Waals surface area (Å²) in [6.07, 6.45) is 2.59. The highest BCUT2D eigenvalue weighted by Crippen LogP contribution is 2.24. The molecule has 0 saturated carbocycles. The highest BCUT2D eigenvalue weighted by molar-refractivity contribution is 9.10. The first kappa shape index (κ1) is 14.2. The molecule has 0 aliphatic heterocycles. The second-order valence-corrected chi connectivity index (χ2v) is 5.88. The zero-order chi connectivity index (χ0) is 14.7. The molecule has 0 aliphatic rings. The molecule has 0 amide bonds. The summed E-state index contributed by atoms with van der Waals surface area (Å²) < 4.78 is 0.965. The number of nitrogens with one attached hydrogen (secondary N) is 1. The molecule has 4 heteroatoms. The van der Waals surface area contributed by atoms with Crippen LogP contribution in [-0.2, 0) is 6.42 Å². The van der Waals surface area contributed by atoms with Gasteiger partial charge in [-0.05, 0) is 50.8 Å². The van der Waals surface area contributed by atoms with Gasteiger partial charge in [-0.3, -0.25) is 16.3 Å². The van der Waals surface area contributed by atoms with Gasteiger partial charge in [-0.25, -0.2) is 0 Å². The molecule has 3 aromatic rings. The van der Waals surface area contributed by atoms with Crippen LogP contribution in [-0.4, -0.2) is 4.98 Å². The summed E-state index contributed by atoms with van der Waals surface area (Å²) >= 11 is 3.40. The van der Waals surface area contributed by atoms with Gasteiger partial charge >= 0.3 is 0 Å². The minimum Gasteiger partial charge on any atom is -0.271 e. The molecular formula is C17H16BrN3. The average molecular weight is 342 g/mol. The molecule has 1 unspecified atom stereocenters. The van der Waals surface area contributed by atoms with Gasteiger partial charge in [0.05, 0.1) is 11.7 Å². The lowest BCUT2D eigenvalue weighted by atomic mass is 9.97. The lowest BCUT2D eigenvalue weighted by Crippen LogP contribution is -2.30. The Morgan fingerprint density at radius 2 is 1.86 bits per heavy atom. The van der Waals surface area contributed by atoms with Crippen LogP contribution in [0.4, 0.5) is 0 Å². The van der Waals surface area contributed by atoms with Crippen LogP contribution in [0.1, 0.15) is 17.3 Å². The van der Waals surface area contributed by atoms with E-state index in [2.05, 4.69) is 68.8 Å². The van der Waals surface area contributed by atoms with Crippen molar-refractivity contribution in [2.24, 2.45) is 5.84 Å². The van der Waals surface area contributed by atoms with E-state index >= 15 is 0 Å². The third-order valence-corrected chi connectivity index (χ3v) is 4.08. The fourth-order valence-electron chi connectivity index (χ4n) is 2.53. The number of nitrogens with zero attached hydrogens (tertiary/aromatic N) is 1. The fraction of sp³-hybridized carbons (Fsp3) is 0.118. The molecule has 106 valence electrons. The van der Waals surface area contributed by atoms with Crippen LogP contribution in [0.5, 0.6) is 0 Å². The second-order valence-electron chi connectivity index (χ2n) is 4.96. The Labute approximate surface area is 132 Å². The average Bonchev–Trinajstić information content (AvgIpc) is 2.54. The Balaban J connectivity index is 1.94. The standard InChI is InChI=1S/C17H16BrN3/c18-14-8-9-16(20-11-14)17(21-19)10-13-6-3-5-12-4-1-2-7-15(12)13/h1-9,11,17,21H,10,19H2. The number of nitrogens with two attached hydrogens (primary N) is 1. The quantitative estimate of drug-likeness (QED) is 0.561. The lowest BCUT2D eigenvalue weighted by molar-refractivity contribution is 0.539. The van der Waals surface area contributed by atoms with Gasteiger partial charge in [0.15, 0.2) is 0 Å². The first-order valence-corrected chi connectivity index (χ1v) is 7.61. The van der Waals surface area contributed by atoms with Crippen LogP contribution in [0.2, 0.25) is 0 Å². The summed E-state index contributed by atoms with van der Waals surface area (Å²) in [4.78, 5) is 4.44. The smallest absolute Gasteiger partial charge is 0.0672 e. The van der Waals surface area contributed by atoms with E-state index in [9.17, 15) is 0 Å². The number of benzene rings is 2. The van der Waals surface area contributed by atoms with Gasteiger partial charge in [0.1, 0.15) is 0 Å². The summed E-state index contributed by atoms with van der Waals surface area (Å²) in [6, 6.07) is 18.7. The topological polar surface area (TPSA) is 50.9 Å². The SMILES string of the molecule is NNC(Cc1cccc2ccccc12)c1ccc(Br)cn1. The molecule has 3 rings (SSSR count). The maximum Gasteiger partial charge on any atom is 0.0672 e. The van der Waals surface area contributed by atoms with E-state index in [0.29, 0.717) is 0 Å². The van der Waals surface area contributed by atoms with E-state index in [1.54, 1.807) is 6.20 Å². The normalized spacial score (nSPS) is 12.5. The Morgan fingerprint density at radius 3 is 2.62 bits per heavy atom. The summed E-state index contributed by atoms with van der Waals surface area (Å²) in [5, 5.41) is 2.51. The van der Waals surface area contributed by atoms with Crippen LogP contribution in [0.25, 0.3) is 10.8 Å². The number of hydrogen-bond donors (Lipinski definition) is 2. The number of pyridine rings is 1. The predicted molar refractivity (Wildman–Crippen MR) is 89.7 cm³/mol. The molecule has 2 aromatic carbocycles. The molecule has 1 aromatic heterocycles. The Bertz CT molecular complexity index is 735. The van der Waals surface area contributed by atoms with Gasteiger partial charge in [0, 0.05) is 10.7 Å². The van der Waals surface area contributed by atoms with Crippen molar-refractivity contribution in [1.29, 1.82) is 0 Å². The maximum absolute atomic E-state index is 5.73. The molecule has 0 aliphatic carbocycles. The number of rotatable bonds is 4. The number of hydrogen-bond acceptors (Lipinski definition) is 3. The highest BCUT2D eigenvalue weighted by atomic mass is 79.9. The van der Waals surface area contributed by atoms with Crippen LogP contribution in [0.3, 0.4) is 0 Å². The van der Waals surface area contributed by atoms with Crippen molar-refractivity contribution < 1.29 is 0 Å². The number of halogens is 1. The Morgan fingerprint density at radius 1 is 1.05 bits per heavy atom. The predicted octanol–water partition coefficient (Wildman–Crippen LogP) is 3.74. The number of hydrazine groups is 1. The van der Waals surface area contributed by atoms with E-state index < -0.39 is 0 Å². The van der Waals surface area contributed by atoms with E-state index in [1.165, 1.54) is 16.3 Å². The van der Waals surface area contributed by atoms with E-state index in [-0.39, 0.29) is 6.04 Å². The molecule has 0 saturated heterocycles. The van der Waals surface area contributed by atoms with E-state index in [0.717, 1.165) is 16.6 Å². The summed E-state index contributed by atoms with van der Waals surface area (Å²) in [5.74, 6) is 5.73. The molecule has 3 N–H and O–H groups in total. The molecular weight excluding hydrogens is 326 g/mol. The van der Waals surface area contributed by atoms with Gasteiger partial charge in [-0.1, -0.05) is 42.5 Å². The van der Waals surface area contributed by atoms with Gasteiger partial charge < -0.3 is 0 Å². The van der Waals surface area contributed by atoms with Crippen molar-refractivity contribution >= 4 is 26.7 Å². The fourth-order valence-corrected chi connectivity index (χ4v) is 2.77. The number of fused-ring (bicyclic) bond motifs is 1. The van der Waals surface area contributed by atoms with Crippen molar-refractivity contribution in [2.45, 2.75) is 12.5 Å². The maximum atomic E-state index is 5.73. The molecule has 1 heterocycles. The molecule has 3 nitrogen and oxygen atoms in total. The van der Waals surface area contributed by atoms with Crippen LogP contribution >= 0.6 is 15.9 Å². The molecule has 21 heavy (non-hydrogen) atoms. The molecule has 0 spiro atoms. The van der Waals surface area contributed by atoms with Crippen molar-refractivity contribution in [3.63, 3.8) is 0 Å². The van der Waals surface area contributed by atoms with Crippen molar-refractivity contribution in [3.8, 4) is 0 Å². The summed E-state index contributed by atoms with van der Waals surface area (Å²) in [5.41, 5.74) is 5.08. The minimum absolute atomic E-state index is 0.0103. The van der Waals surface area contributed by atoms with Gasteiger partial charge in [0.2, 0.25) is 0 Å². The van der Waals surface area contributed by atoms with Crippen molar-refractivity contribution in [3.05, 3.63) is 76.5 Å². The zero-order valence-corrected chi connectivity index (χ0v) is 13.0. The molecule has 0 radical (unpaired) electrons. The van der Waals surface area contributed by atoms with Gasteiger partial charge in [-0.2, -0.15) is 0 Å². The second kappa shape index (κ2) is 6.35. The summed E-state index contributed by atoms with van der Waals surface area (Å²) in [6.45, 7) is 0. The molecule has 1 atom stereocenters. The summed E-state index contributed by atoms with van der Waals surface area (Å²) in [7, 11) is 0. The van der Waals surface area contributed by atoms with Crippen LogP contribution in [0, 0.1) is 0 Å². The Hall–Kier alpha value is -1.75. The largest absolute Gasteiger partial charge is 0.271 e. The first-order valence-electron chi connectivity index (χ1n) is 6.82. The van der Waals surface area contributed by atoms with Gasteiger partial charge in [-0.15, -0.1) is 0 Å². The Kier molecular flexibility index (Phi) is 4.29. The number of aromatic nitrogens is 1. The monoisotopic (exact) mass is 341 g/mol. The van der Waals surface area contributed by atoms with Gasteiger partial charge in [0.25, 0.3) is 0 Å². The van der Waals surface area contributed by atoms with E-state index in [4.69, 9.17) is 5.84 Å². The third-order valence-electron chi connectivity index (χ3n) is 3.61. The highest BCUT2D eigenvalue weighted by Gasteiger charge is 2.13. The third kappa shape index (κ3) is 3.13. The lowest BCUT2D eigenvalue weighted by Gasteiger charge is -2.16. The molecule has 0 fully saturated rings. The van der Waals surface area contributed by atoms with Crippen molar-refractivity contribution in [2.75, 3.05) is 0 Å². The molecule has 0 bridgehead atoms. The zero-order valence-electron chi connectivity index (χ0n) is 11.5. The minimum atomic E-state index is -0.0103. The first-order chi connectivity index (χ1) is 10.3. The van der Waals surface area contributed by atoms with Crippen LogP contribution in [0.15, 0.2) is 65.3 Å².